The number of hydrogen-bond acceptors (Lipinski definition) is 2. The Bertz CT molecular complexity index is 334. The summed E-state index contributed by atoms with van der Waals surface area (Å²) in [5, 5.41) is 0. The van der Waals surface area contributed by atoms with Crippen molar-refractivity contribution in [1.82, 2.24) is 4.90 Å². The van der Waals surface area contributed by atoms with Gasteiger partial charge in [0.1, 0.15) is 0 Å². The van der Waals surface area contributed by atoms with E-state index in [0.717, 1.165) is 13.1 Å². The summed E-state index contributed by atoms with van der Waals surface area (Å²) < 4.78 is 0. The maximum atomic E-state index is 6.06. The molecule has 102 valence electrons. The lowest BCUT2D eigenvalue weighted by Gasteiger charge is -2.37. The standard InChI is InChI=1S/C16H28N2/c1-5-11-18(14(2)3)13-16(4,12-17)15-9-7-6-8-10-15/h6-10,14H,5,11-13,17H2,1-4H3. The van der Waals surface area contributed by atoms with Gasteiger partial charge >= 0.3 is 0 Å². The third-order valence-corrected chi connectivity index (χ3v) is 3.71. The van der Waals surface area contributed by atoms with Gasteiger partial charge < -0.3 is 10.6 Å². The molecule has 0 aliphatic heterocycles. The van der Waals surface area contributed by atoms with Crippen molar-refractivity contribution in [3.63, 3.8) is 0 Å². The first kappa shape index (κ1) is 15.2. The first-order chi connectivity index (χ1) is 8.53. The van der Waals surface area contributed by atoms with Gasteiger partial charge in [0.15, 0.2) is 0 Å². The summed E-state index contributed by atoms with van der Waals surface area (Å²) >= 11 is 0. The Kier molecular flexibility index (Phi) is 5.83. The normalized spacial score (nSPS) is 15.1. The van der Waals surface area contributed by atoms with Crippen LogP contribution in [0.1, 0.15) is 39.7 Å². The molecule has 1 atom stereocenters. The molecule has 0 saturated carbocycles. The second-order valence-corrected chi connectivity index (χ2v) is 5.70. The number of rotatable bonds is 7. The van der Waals surface area contributed by atoms with Crippen molar-refractivity contribution in [2.45, 2.75) is 45.6 Å². The summed E-state index contributed by atoms with van der Waals surface area (Å²) in [6, 6.07) is 11.2. The van der Waals surface area contributed by atoms with Gasteiger partial charge in [0, 0.05) is 24.5 Å². The molecule has 1 aromatic rings. The van der Waals surface area contributed by atoms with E-state index >= 15 is 0 Å². The first-order valence-corrected chi connectivity index (χ1v) is 7.03. The summed E-state index contributed by atoms with van der Waals surface area (Å²) in [7, 11) is 0. The molecular formula is C16H28N2. The topological polar surface area (TPSA) is 29.3 Å². The molecule has 0 spiro atoms. The molecule has 2 N–H and O–H groups in total. The highest BCUT2D eigenvalue weighted by Gasteiger charge is 2.28. The van der Waals surface area contributed by atoms with Gasteiger partial charge in [0.05, 0.1) is 0 Å². The lowest BCUT2D eigenvalue weighted by Crippen LogP contribution is -2.46. The Labute approximate surface area is 112 Å². The molecule has 0 bridgehead atoms. The summed E-state index contributed by atoms with van der Waals surface area (Å²) in [5.74, 6) is 0. The van der Waals surface area contributed by atoms with E-state index < -0.39 is 0 Å². The Morgan fingerprint density at radius 2 is 1.83 bits per heavy atom. The molecule has 0 aliphatic carbocycles. The number of hydrogen-bond donors (Lipinski definition) is 1. The lowest BCUT2D eigenvalue weighted by molar-refractivity contribution is 0.177. The second-order valence-electron chi connectivity index (χ2n) is 5.70. The predicted octanol–water partition coefficient (Wildman–Crippen LogP) is 3.02. The molecule has 0 aromatic heterocycles. The van der Waals surface area contributed by atoms with E-state index in [9.17, 15) is 0 Å². The number of nitrogens with zero attached hydrogens (tertiary/aromatic N) is 1. The molecule has 18 heavy (non-hydrogen) atoms. The summed E-state index contributed by atoms with van der Waals surface area (Å²) in [6.07, 6.45) is 1.19. The average Bonchev–Trinajstić information content (AvgIpc) is 2.39. The van der Waals surface area contributed by atoms with E-state index in [0.29, 0.717) is 12.6 Å². The summed E-state index contributed by atoms with van der Waals surface area (Å²) in [6.45, 7) is 11.9. The van der Waals surface area contributed by atoms with Crippen molar-refractivity contribution < 1.29 is 0 Å². The van der Waals surface area contributed by atoms with Crippen molar-refractivity contribution in [3.05, 3.63) is 35.9 Å². The van der Waals surface area contributed by atoms with Crippen molar-refractivity contribution in [3.8, 4) is 0 Å². The maximum Gasteiger partial charge on any atom is 0.0174 e. The molecule has 0 aliphatic rings. The zero-order chi connectivity index (χ0) is 13.6. The van der Waals surface area contributed by atoms with Crippen LogP contribution >= 0.6 is 0 Å². The molecule has 0 radical (unpaired) electrons. The molecule has 1 aromatic carbocycles. The lowest BCUT2D eigenvalue weighted by atomic mass is 9.81. The Balaban J connectivity index is 2.88. The van der Waals surface area contributed by atoms with Crippen molar-refractivity contribution in [2.24, 2.45) is 5.73 Å². The number of benzene rings is 1. The summed E-state index contributed by atoms with van der Waals surface area (Å²) in [4.78, 5) is 2.53. The van der Waals surface area contributed by atoms with Crippen LogP contribution in [0.25, 0.3) is 0 Å². The highest BCUT2D eigenvalue weighted by molar-refractivity contribution is 5.25. The molecule has 1 rings (SSSR count). The van der Waals surface area contributed by atoms with Gasteiger partial charge in [0.2, 0.25) is 0 Å². The quantitative estimate of drug-likeness (QED) is 0.803. The van der Waals surface area contributed by atoms with Crippen LogP contribution in [0.3, 0.4) is 0 Å². The third kappa shape index (κ3) is 3.82. The van der Waals surface area contributed by atoms with Crippen LogP contribution in [-0.2, 0) is 5.41 Å². The highest BCUT2D eigenvalue weighted by atomic mass is 15.1. The zero-order valence-electron chi connectivity index (χ0n) is 12.3. The van der Waals surface area contributed by atoms with E-state index in [1.165, 1.54) is 12.0 Å². The van der Waals surface area contributed by atoms with E-state index in [1.807, 2.05) is 0 Å². The SMILES string of the molecule is CCCN(CC(C)(CN)c1ccccc1)C(C)C. The van der Waals surface area contributed by atoms with Gasteiger partial charge in [-0.1, -0.05) is 44.2 Å². The van der Waals surface area contributed by atoms with E-state index in [2.05, 4.69) is 62.9 Å². The largest absolute Gasteiger partial charge is 0.330 e. The van der Waals surface area contributed by atoms with Crippen LogP contribution < -0.4 is 5.73 Å². The van der Waals surface area contributed by atoms with Gasteiger partial charge in [-0.2, -0.15) is 0 Å². The van der Waals surface area contributed by atoms with Crippen molar-refractivity contribution in [2.75, 3.05) is 19.6 Å². The maximum absolute atomic E-state index is 6.06. The third-order valence-electron chi connectivity index (χ3n) is 3.71. The predicted molar refractivity (Wildman–Crippen MR) is 79.8 cm³/mol. The molecule has 0 saturated heterocycles. The fraction of sp³-hybridized carbons (Fsp3) is 0.625. The van der Waals surface area contributed by atoms with E-state index in [1.54, 1.807) is 0 Å². The molecule has 1 unspecified atom stereocenters. The smallest absolute Gasteiger partial charge is 0.0174 e. The molecule has 2 heteroatoms. The van der Waals surface area contributed by atoms with E-state index in [-0.39, 0.29) is 5.41 Å². The Morgan fingerprint density at radius 1 is 1.22 bits per heavy atom. The van der Waals surface area contributed by atoms with Crippen LogP contribution in [0.5, 0.6) is 0 Å². The van der Waals surface area contributed by atoms with Gasteiger partial charge in [-0.3, -0.25) is 0 Å². The Hall–Kier alpha value is -0.860. The van der Waals surface area contributed by atoms with Gasteiger partial charge in [0.25, 0.3) is 0 Å². The zero-order valence-corrected chi connectivity index (χ0v) is 12.3. The highest BCUT2D eigenvalue weighted by Crippen LogP contribution is 2.24. The molecular weight excluding hydrogens is 220 g/mol. The Morgan fingerprint density at radius 3 is 2.28 bits per heavy atom. The minimum Gasteiger partial charge on any atom is -0.330 e. The molecule has 0 amide bonds. The minimum absolute atomic E-state index is 0.0424. The fourth-order valence-electron chi connectivity index (χ4n) is 2.37. The monoisotopic (exact) mass is 248 g/mol. The molecule has 2 nitrogen and oxygen atoms in total. The number of nitrogens with two attached hydrogens (primary N) is 1. The first-order valence-electron chi connectivity index (χ1n) is 7.03. The molecule has 0 heterocycles. The van der Waals surface area contributed by atoms with Crippen LogP contribution in [0.4, 0.5) is 0 Å². The van der Waals surface area contributed by atoms with Crippen LogP contribution in [-0.4, -0.2) is 30.6 Å². The van der Waals surface area contributed by atoms with Crippen LogP contribution in [0.2, 0.25) is 0 Å². The minimum atomic E-state index is 0.0424. The second kappa shape index (κ2) is 6.91. The van der Waals surface area contributed by atoms with Crippen molar-refractivity contribution in [1.29, 1.82) is 0 Å². The van der Waals surface area contributed by atoms with Gasteiger partial charge in [-0.05, 0) is 32.4 Å². The molecule has 0 fully saturated rings. The van der Waals surface area contributed by atoms with Crippen molar-refractivity contribution >= 4 is 0 Å². The summed E-state index contributed by atoms with van der Waals surface area (Å²) in [5.41, 5.74) is 7.44. The van der Waals surface area contributed by atoms with Gasteiger partial charge in [-0.15, -0.1) is 0 Å². The fourth-order valence-corrected chi connectivity index (χ4v) is 2.37. The average molecular weight is 248 g/mol. The van der Waals surface area contributed by atoms with Gasteiger partial charge in [-0.25, -0.2) is 0 Å². The van der Waals surface area contributed by atoms with Crippen LogP contribution in [0.15, 0.2) is 30.3 Å². The van der Waals surface area contributed by atoms with E-state index in [4.69, 9.17) is 5.73 Å². The van der Waals surface area contributed by atoms with Crippen LogP contribution in [0, 0.1) is 0 Å².